The van der Waals surface area contributed by atoms with Crippen LogP contribution in [-0.4, -0.2) is 10.9 Å². The molecule has 1 N–H and O–H groups in total. The fourth-order valence-corrected chi connectivity index (χ4v) is 2.20. The van der Waals surface area contributed by atoms with Crippen LogP contribution < -0.4 is 5.32 Å². The highest BCUT2D eigenvalue weighted by atomic mass is 35.5. The summed E-state index contributed by atoms with van der Waals surface area (Å²) >= 11 is 7.42. The minimum atomic E-state index is -0.218. The maximum absolute atomic E-state index is 11.6. The number of amides is 1. The van der Waals surface area contributed by atoms with Gasteiger partial charge >= 0.3 is 0 Å². The van der Waals surface area contributed by atoms with Crippen LogP contribution in [0.25, 0.3) is 6.08 Å². The molecule has 5 heteroatoms. The van der Waals surface area contributed by atoms with E-state index in [1.54, 1.807) is 18.3 Å². The lowest BCUT2D eigenvalue weighted by Gasteiger charge is -1.97. The van der Waals surface area contributed by atoms with E-state index in [9.17, 15) is 4.79 Å². The minimum absolute atomic E-state index is 0.218. The van der Waals surface area contributed by atoms with Crippen molar-refractivity contribution in [3.8, 4) is 0 Å². The predicted octanol–water partition coefficient (Wildman–Crippen LogP) is 3.76. The highest BCUT2D eigenvalue weighted by molar-refractivity contribution is 7.15. The Morgan fingerprint density at radius 3 is 2.89 bits per heavy atom. The van der Waals surface area contributed by atoms with Gasteiger partial charge in [-0.05, 0) is 24.6 Å². The maximum atomic E-state index is 11.6. The Bertz CT molecular complexity index is 592. The topological polar surface area (TPSA) is 42.0 Å². The van der Waals surface area contributed by atoms with Gasteiger partial charge in [0.2, 0.25) is 5.91 Å². The number of carbonyl (C=O) groups excluding carboxylic acids is 1. The van der Waals surface area contributed by atoms with E-state index >= 15 is 0 Å². The quantitative estimate of drug-likeness (QED) is 0.869. The van der Waals surface area contributed by atoms with Gasteiger partial charge in [0.05, 0.1) is 0 Å². The first kappa shape index (κ1) is 12.8. The predicted molar refractivity (Wildman–Crippen MR) is 76.0 cm³/mol. The van der Waals surface area contributed by atoms with E-state index in [1.165, 1.54) is 17.4 Å². The van der Waals surface area contributed by atoms with E-state index in [2.05, 4.69) is 10.3 Å². The summed E-state index contributed by atoms with van der Waals surface area (Å²) in [6.45, 7) is 1.94. The number of aromatic nitrogens is 1. The molecule has 1 aromatic heterocycles. The molecule has 0 radical (unpaired) electrons. The smallest absolute Gasteiger partial charge is 0.250 e. The van der Waals surface area contributed by atoms with Crippen LogP contribution in [0.2, 0.25) is 5.02 Å². The molecule has 0 fully saturated rings. The number of hydrogen-bond acceptors (Lipinski definition) is 3. The van der Waals surface area contributed by atoms with Crippen molar-refractivity contribution in [1.29, 1.82) is 0 Å². The second-order valence-electron chi connectivity index (χ2n) is 3.62. The Morgan fingerprint density at radius 1 is 1.44 bits per heavy atom. The normalized spacial score (nSPS) is 10.8. The number of benzene rings is 1. The Hall–Kier alpha value is -1.65. The van der Waals surface area contributed by atoms with Crippen molar-refractivity contribution in [1.82, 2.24) is 4.98 Å². The second kappa shape index (κ2) is 5.80. The average Bonchev–Trinajstić information content (AvgIpc) is 2.74. The van der Waals surface area contributed by atoms with Gasteiger partial charge in [0.25, 0.3) is 0 Å². The molecular formula is C13H11ClN2OS. The summed E-state index contributed by atoms with van der Waals surface area (Å²) in [4.78, 5) is 16.7. The molecule has 92 valence electrons. The molecule has 18 heavy (non-hydrogen) atoms. The summed E-state index contributed by atoms with van der Waals surface area (Å²) in [7, 11) is 0. The van der Waals surface area contributed by atoms with Gasteiger partial charge < -0.3 is 0 Å². The van der Waals surface area contributed by atoms with Crippen LogP contribution in [-0.2, 0) is 4.79 Å². The van der Waals surface area contributed by atoms with Gasteiger partial charge in [-0.3, -0.25) is 10.1 Å². The van der Waals surface area contributed by atoms with Crippen molar-refractivity contribution in [2.45, 2.75) is 6.92 Å². The van der Waals surface area contributed by atoms with Gasteiger partial charge in [0, 0.05) is 22.2 Å². The molecule has 0 saturated heterocycles. The van der Waals surface area contributed by atoms with Crippen molar-refractivity contribution in [3.63, 3.8) is 0 Å². The van der Waals surface area contributed by atoms with Crippen molar-refractivity contribution >= 4 is 40.1 Å². The molecule has 0 saturated carbocycles. The molecule has 1 heterocycles. The zero-order chi connectivity index (χ0) is 13.0. The number of hydrogen-bond donors (Lipinski definition) is 1. The first-order chi connectivity index (χ1) is 8.65. The minimum Gasteiger partial charge on any atom is -0.298 e. The summed E-state index contributed by atoms with van der Waals surface area (Å²) in [5, 5.41) is 3.91. The first-order valence-corrected chi connectivity index (χ1v) is 6.50. The Kier molecular flexibility index (Phi) is 4.12. The summed E-state index contributed by atoms with van der Waals surface area (Å²) < 4.78 is 0. The molecule has 2 rings (SSSR count). The summed E-state index contributed by atoms with van der Waals surface area (Å²) in [6, 6.07) is 7.34. The molecular weight excluding hydrogens is 268 g/mol. The average molecular weight is 279 g/mol. The molecule has 0 spiro atoms. The molecule has 3 nitrogen and oxygen atoms in total. The summed E-state index contributed by atoms with van der Waals surface area (Å²) in [5.41, 5.74) is 0.810. The highest BCUT2D eigenvalue weighted by Crippen LogP contribution is 2.18. The summed E-state index contributed by atoms with van der Waals surface area (Å²) in [5.74, 6) is -0.218. The second-order valence-corrected chi connectivity index (χ2v) is 5.26. The van der Waals surface area contributed by atoms with E-state index in [4.69, 9.17) is 11.6 Å². The van der Waals surface area contributed by atoms with Gasteiger partial charge in [0.15, 0.2) is 5.13 Å². The van der Waals surface area contributed by atoms with Gasteiger partial charge in [0.1, 0.15) is 0 Å². The number of anilines is 1. The largest absolute Gasteiger partial charge is 0.298 e. The zero-order valence-corrected chi connectivity index (χ0v) is 11.3. The first-order valence-electron chi connectivity index (χ1n) is 5.31. The van der Waals surface area contributed by atoms with Crippen molar-refractivity contribution in [2.75, 3.05) is 5.32 Å². The Labute approximate surface area is 114 Å². The number of rotatable bonds is 3. The van der Waals surface area contributed by atoms with Crippen LogP contribution in [0, 0.1) is 6.92 Å². The number of halogens is 1. The van der Waals surface area contributed by atoms with E-state index in [-0.39, 0.29) is 5.91 Å². The lowest BCUT2D eigenvalue weighted by atomic mass is 10.2. The molecule has 1 aromatic carbocycles. The van der Waals surface area contributed by atoms with Crippen molar-refractivity contribution < 1.29 is 4.79 Å². The van der Waals surface area contributed by atoms with E-state index in [1.807, 2.05) is 25.1 Å². The number of carbonyl (C=O) groups is 1. The monoisotopic (exact) mass is 278 g/mol. The fourth-order valence-electron chi connectivity index (χ4n) is 1.34. The summed E-state index contributed by atoms with van der Waals surface area (Å²) in [6.07, 6.45) is 4.84. The molecule has 0 aliphatic carbocycles. The number of nitrogens with one attached hydrogen (secondary N) is 1. The molecule has 0 atom stereocenters. The van der Waals surface area contributed by atoms with E-state index in [0.717, 1.165) is 10.4 Å². The fraction of sp³-hybridized carbons (Fsp3) is 0.0769. The van der Waals surface area contributed by atoms with Crippen LogP contribution in [0.5, 0.6) is 0 Å². The van der Waals surface area contributed by atoms with Crippen LogP contribution in [0.4, 0.5) is 5.13 Å². The molecule has 0 bridgehead atoms. The van der Waals surface area contributed by atoms with Crippen molar-refractivity contribution in [2.24, 2.45) is 0 Å². The van der Waals surface area contributed by atoms with Crippen LogP contribution >= 0.6 is 22.9 Å². The van der Waals surface area contributed by atoms with Gasteiger partial charge in [-0.25, -0.2) is 4.98 Å². The third-order valence-corrected chi connectivity index (χ3v) is 3.34. The van der Waals surface area contributed by atoms with Crippen molar-refractivity contribution in [3.05, 3.63) is 52.0 Å². The number of thiazole rings is 1. The van der Waals surface area contributed by atoms with Gasteiger partial charge in [-0.2, -0.15) is 0 Å². The van der Waals surface area contributed by atoms with Crippen LogP contribution in [0.15, 0.2) is 36.5 Å². The Balaban J connectivity index is 2.01. The SMILES string of the molecule is Cc1cnc(NC(=O)/C=C/c2ccccc2Cl)s1. The van der Waals surface area contributed by atoms with E-state index < -0.39 is 0 Å². The molecule has 0 unspecified atom stereocenters. The third-order valence-electron chi connectivity index (χ3n) is 2.17. The third kappa shape index (κ3) is 3.42. The Morgan fingerprint density at radius 2 is 2.22 bits per heavy atom. The molecule has 0 aliphatic rings. The molecule has 0 aliphatic heterocycles. The van der Waals surface area contributed by atoms with Gasteiger partial charge in [-0.15, -0.1) is 11.3 Å². The van der Waals surface area contributed by atoms with Gasteiger partial charge in [-0.1, -0.05) is 29.8 Å². The lowest BCUT2D eigenvalue weighted by Crippen LogP contribution is -2.07. The maximum Gasteiger partial charge on any atom is 0.250 e. The van der Waals surface area contributed by atoms with Crippen LogP contribution in [0.3, 0.4) is 0 Å². The number of aryl methyl sites for hydroxylation is 1. The standard InChI is InChI=1S/C13H11ClN2OS/c1-9-8-15-13(18-9)16-12(17)7-6-10-4-2-3-5-11(10)14/h2-8H,1H3,(H,15,16,17)/b7-6+. The van der Waals surface area contributed by atoms with Crippen LogP contribution in [0.1, 0.15) is 10.4 Å². The number of nitrogens with zero attached hydrogens (tertiary/aromatic N) is 1. The molecule has 2 aromatic rings. The molecule has 1 amide bonds. The lowest BCUT2D eigenvalue weighted by molar-refractivity contribution is -0.111. The zero-order valence-electron chi connectivity index (χ0n) is 9.68. The van der Waals surface area contributed by atoms with E-state index in [0.29, 0.717) is 10.2 Å². The highest BCUT2D eigenvalue weighted by Gasteiger charge is 2.02.